The zero-order chi connectivity index (χ0) is 15.5. The Morgan fingerprint density at radius 1 is 1.14 bits per heavy atom. The van der Waals surface area contributed by atoms with Crippen molar-refractivity contribution < 1.29 is 4.79 Å². The molecule has 0 radical (unpaired) electrons. The van der Waals surface area contributed by atoms with Crippen LogP contribution in [0.15, 0.2) is 46.8 Å². The standard InChI is InChI=1S/C15H10Cl2N2OS2/c16-9-1-4-11(5-2-9)18-14(20)8-21-15-19-12-7-10(17)3-6-13(12)22-15/h1-7H,8H2,(H,18,20). The molecule has 1 N–H and O–H groups in total. The van der Waals surface area contributed by atoms with Crippen LogP contribution in [0.4, 0.5) is 5.69 Å². The predicted molar refractivity (Wildman–Crippen MR) is 95.4 cm³/mol. The van der Waals surface area contributed by atoms with E-state index < -0.39 is 0 Å². The lowest BCUT2D eigenvalue weighted by molar-refractivity contribution is -0.113. The SMILES string of the molecule is O=C(CSc1nc2cc(Cl)ccc2s1)Nc1ccc(Cl)cc1. The number of anilines is 1. The van der Waals surface area contributed by atoms with Crippen LogP contribution in [0.3, 0.4) is 0 Å². The van der Waals surface area contributed by atoms with Gasteiger partial charge in [-0.25, -0.2) is 4.98 Å². The van der Waals surface area contributed by atoms with E-state index in [9.17, 15) is 4.79 Å². The number of fused-ring (bicyclic) bond motifs is 1. The Morgan fingerprint density at radius 2 is 1.86 bits per heavy atom. The third-order valence-corrected chi connectivity index (χ3v) is 5.45. The Labute approximate surface area is 145 Å². The monoisotopic (exact) mass is 368 g/mol. The number of rotatable bonds is 4. The van der Waals surface area contributed by atoms with E-state index in [0.717, 1.165) is 20.2 Å². The summed E-state index contributed by atoms with van der Waals surface area (Å²) in [6.45, 7) is 0. The van der Waals surface area contributed by atoms with E-state index in [0.29, 0.717) is 15.8 Å². The third kappa shape index (κ3) is 3.93. The van der Waals surface area contributed by atoms with Crippen molar-refractivity contribution in [2.45, 2.75) is 4.34 Å². The number of carbonyl (C=O) groups is 1. The van der Waals surface area contributed by atoms with Gasteiger partial charge in [-0.05, 0) is 42.5 Å². The molecule has 1 amide bonds. The normalized spacial score (nSPS) is 10.8. The van der Waals surface area contributed by atoms with Gasteiger partial charge in [0.05, 0.1) is 16.0 Å². The summed E-state index contributed by atoms with van der Waals surface area (Å²) in [5.74, 6) is 0.223. The number of thiazole rings is 1. The molecule has 0 aliphatic rings. The zero-order valence-corrected chi connectivity index (χ0v) is 14.3. The summed E-state index contributed by atoms with van der Waals surface area (Å²) >= 11 is 14.7. The van der Waals surface area contributed by atoms with E-state index in [4.69, 9.17) is 23.2 Å². The molecule has 0 aliphatic heterocycles. The first-order valence-corrected chi connectivity index (χ1v) is 8.90. The molecule has 3 nitrogen and oxygen atoms in total. The lowest BCUT2D eigenvalue weighted by Gasteiger charge is -2.03. The van der Waals surface area contributed by atoms with Crippen molar-refractivity contribution in [2.75, 3.05) is 11.1 Å². The van der Waals surface area contributed by atoms with Gasteiger partial charge in [0.25, 0.3) is 0 Å². The molecule has 22 heavy (non-hydrogen) atoms. The summed E-state index contributed by atoms with van der Waals surface area (Å²) in [5, 5.41) is 4.12. The number of nitrogens with one attached hydrogen (secondary N) is 1. The summed E-state index contributed by atoms with van der Waals surface area (Å²) in [6, 6.07) is 12.6. The summed E-state index contributed by atoms with van der Waals surface area (Å²) in [5.41, 5.74) is 1.59. The minimum Gasteiger partial charge on any atom is -0.325 e. The molecule has 1 heterocycles. The van der Waals surface area contributed by atoms with Gasteiger partial charge in [0.1, 0.15) is 0 Å². The second-order valence-corrected chi connectivity index (χ2v) is 7.56. The number of halogens is 2. The average Bonchev–Trinajstić information content (AvgIpc) is 2.89. The highest BCUT2D eigenvalue weighted by Gasteiger charge is 2.08. The van der Waals surface area contributed by atoms with Crippen LogP contribution >= 0.6 is 46.3 Å². The second kappa shape index (κ2) is 6.87. The summed E-state index contributed by atoms with van der Waals surface area (Å²) in [7, 11) is 0. The molecule has 0 bridgehead atoms. The molecule has 1 aromatic heterocycles. The lowest BCUT2D eigenvalue weighted by atomic mass is 10.3. The molecule has 2 aromatic carbocycles. The predicted octanol–water partition coefficient (Wildman–Crippen LogP) is 5.33. The van der Waals surface area contributed by atoms with Crippen molar-refractivity contribution in [1.82, 2.24) is 4.98 Å². The number of hydrogen-bond acceptors (Lipinski definition) is 4. The van der Waals surface area contributed by atoms with Crippen LogP contribution in [0.1, 0.15) is 0 Å². The number of amides is 1. The zero-order valence-electron chi connectivity index (χ0n) is 11.2. The number of carbonyl (C=O) groups excluding carboxylic acids is 1. The molecule has 0 atom stereocenters. The summed E-state index contributed by atoms with van der Waals surface area (Å²) in [4.78, 5) is 16.4. The van der Waals surface area contributed by atoms with Gasteiger partial charge in [0.2, 0.25) is 5.91 Å². The van der Waals surface area contributed by atoms with Gasteiger partial charge in [-0.2, -0.15) is 0 Å². The van der Waals surface area contributed by atoms with Crippen LogP contribution < -0.4 is 5.32 Å². The van der Waals surface area contributed by atoms with E-state index in [1.165, 1.54) is 11.8 Å². The first-order valence-electron chi connectivity index (χ1n) is 6.34. The minimum atomic E-state index is -0.0791. The topological polar surface area (TPSA) is 42.0 Å². The summed E-state index contributed by atoms with van der Waals surface area (Å²) < 4.78 is 1.91. The van der Waals surface area contributed by atoms with Crippen molar-refractivity contribution in [3.05, 3.63) is 52.5 Å². The molecular weight excluding hydrogens is 359 g/mol. The number of hydrogen-bond donors (Lipinski definition) is 1. The van der Waals surface area contributed by atoms with Crippen molar-refractivity contribution in [1.29, 1.82) is 0 Å². The number of nitrogens with zero attached hydrogens (tertiary/aromatic N) is 1. The van der Waals surface area contributed by atoms with Crippen molar-refractivity contribution >= 4 is 68.1 Å². The molecule has 112 valence electrons. The van der Waals surface area contributed by atoms with Crippen LogP contribution in [-0.4, -0.2) is 16.6 Å². The minimum absolute atomic E-state index is 0.0791. The molecular formula is C15H10Cl2N2OS2. The van der Waals surface area contributed by atoms with Gasteiger partial charge in [-0.3, -0.25) is 4.79 Å². The van der Waals surface area contributed by atoms with Gasteiger partial charge < -0.3 is 5.32 Å². The highest BCUT2D eigenvalue weighted by atomic mass is 35.5. The molecule has 0 unspecified atom stereocenters. The van der Waals surface area contributed by atoms with E-state index in [-0.39, 0.29) is 5.91 Å². The Hall–Kier alpha value is -1.27. The Bertz CT molecular complexity index is 818. The van der Waals surface area contributed by atoms with Crippen LogP contribution in [0.5, 0.6) is 0 Å². The fourth-order valence-electron chi connectivity index (χ4n) is 1.80. The van der Waals surface area contributed by atoms with E-state index in [1.54, 1.807) is 35.6 Å². The smallest absolute Gasteiger partial charge is 0.234 e. The Kier molecular flexibility index (Phi) is 4.88. The van der Waals surface area contributed by atoms with Gasteiger partial charge in [0, 0.05) is 15.7 Å². The fourth-order valence-corrected chi connectivity index (χ4v) is 3.94. The summed E-state index contributed by atoms with van der Waals surface area (Å²) in [6.07, 6.45) is 0. The van der Waals surface area contributed by atoms with E-state index in [2.05, 4.69) is 10.3 Å². The number of benzene rings is 2. The maximum absolute atomic E-state index is 11.9. The molecule has 0 fully saturated rings. The average molecular weight is 369 g/mol. The Morgan fingerprint density at radius 3 is 2.64 bits per heavy atom. The molecule has 3 aromatic rings. The maximum atomic E-state index is 11.9. The van der Waals surface area contributed by atoms with Crippen LogP contribution in [0, 0.1) is 0 Å². The highest BCUT2D eigenvalue weighted by molar-refractivity contribution is 8.01. The van der Waals surface area contributed by atoms with Crippen molar-refractivity contribution in [3.63, 3.8) is 0 Å². The Balaban J connectivity index is 1.61. The fraction of sp³-hybridized carbons (Fsp3) is 0.0667. The quantitative estimate of drug-likeness (QED) is 0.632. The second-order valence-electron chi connectivity index (χ2n) is 4.44. The molecule has 7 heteroatoms. The van der Waals surface area contributed by atoms with Gasteiger partial charge >= 0.3 is 0 Å². The van der Waals surface area contributed by atoms with Gasteiger partial charge in [-0.15, -0.1) is 11.3 Å². The molecule has 0 spiro atoms. The van der Waals surface area contributed by atoms with Crippen LogP contribution in [0.2, 0.25) is 10.0 Å². The highest BCUT2D eigenvalue weighted by Crippen LogP contribution is 2.31. The lowest BCUT2D eigenvalue weighted by Crippen LogP contribution is -2.13. The van der Waals surface area contributed by atoms with Crippen molar-refractivity contribution in [2.24, 2.45) is 0 Å². The van der Waals surface area contributed by atoms with Gasteiger partial charge in [-0.1, -0.05) is 35.0 Å². The number of thioether (sulfide) groups is 1. The molecule has 0 saturated heterocycles. The molecule has 3 rings (SSSR count). The number of aromatic nitrogens is 1. The first-order chi connectivity index (χ1) is 10.6. The third-order valence-electron chi connectivity index (χ3n) is 2.78. The molecule has 0 aliphatic carbocycles. The van der Waals surface area contributed by atoms with Crippen LogP contribution in [-0.2, 0) is 4.79 Å². The van der Waals surface area contributed by atoms with E-state index in [1.807, 2.05) is 18.2 Å². The van der Waals surface area contributed by atoms with Gasteiger partial charge in [0.15, 0.2) is 4.34 Å². The maximum Gasteiger partial charge on any atom is 0.234 e. The van der Waals surface area contributed by atoms with Crippen molar-refractivity contribution in [3.8, 4) is 0 Å². The van der Waals surface area contributed by atoms with Crippen LogP contribution in [0.25, 0.3) is 10.2 Å². The molecule has 0 saturated carbocycles. The largest absolute Gasteiger partial charge is 0.325 e. The van der Waals surface area contributed by atoms with E-state index >= 15 is 0 Å². The first kappa shape index (κ1) is 15.6.